The van der Waals surface area contributed by atoms with Crippen molar-refractivity contribution in [3.8, 4) is 0 Å². The lowest BCUT2D eigenvalue weighted by atomic mass is 9.92. The molecule has 1 N–H and O–H groups in total. The third-order valence-electron chi connectivity index (χ3n) is 2.99. The molecule has 0 aliphatic carbocycles. The van der Waals surface area contributed by atoms with E-state index in [2.05, 4.69) is 58.0 Å². The number of aliphatic carboxylic acids is 1. The smallest absolute Gasteiger partial charge is 0.395 e. The fourth-order valence-corrected chi connectivity index (χ4v) is 2.48. The van der Waals surface area contributed by atoms with E-state index < -0.39 is 49.6 Å². The highest BCUT2D eigenvalue weighted by Crippen LogP contribution is 2.66. The summed E-state index contributed by atoms with van der Waals surface area (Å²) in [6.45, 7) is 0. The number of hydrogen-bond donors (Lipinski definition) is 1. The summed E-state index contributed by atoms with van der Waals surface area (Å²) in [6.07, 6.45) is 0. The standard InChI is InChI=1S/C9HCl5F12O2/c10-3(17,2(15,16)1(27)28)6(20,21)4(11,18)7(22,23)5(12,19)8(24,25)9(13,14)26/h(H,27,28). The lowest BCUT2D eigenvalue weighted by Gasteiger charge is -2.45. The van der Waals surface area contributed by atoms with Gasteiger partial charge in [-0.3, -0.25) is 0 Å². The van der Waals surface area contributed by atoms with Crippen LogP contribution in [0.2, 0.25) is 0 Å². The van der Waals surface area contributed by atoms with Crippen LogP contribution in [0.5, 0.6) is 0 Å². The normalized spacial score (nSPS) is 21.5. The Balaban J connectivity index is 6.76. The minimum absolute atomic E-state index is 3.87. The van der Waals surface area contributed by atoms with E-state index in [1.807, 2.05) is 0 Å². The lowest BCUT2D eigenvalue weighted by Crippen LogP contribution is -2.74. The van der Waals surface area contributed by atoms with E-state index in [9.17, 15) is 57.5 Å². The quantitative estimate of drug-likeness (QED) is 0.282. The first kappa shape index (κ1) is 28.1. The van der Waals surface area contributed by atoms with Gasteiger partial charge in [0.1, 0.15) is 0 Å². The van der Waals surface area contributed by atoms with Gasteiger partial charge in [-0.25, -0.2) is 22.4 Å². The second kappa shape index (κ2) is 7.06. The number of carbonyl (C=O) groups is 1. The number of halogens is 17. The van der Waals surface area contributed by atoms with Crippen LogP contribution in [0.25, 0.3) is 0 Å². The van der Waals surface area contributed by atoms with Crippen LogP contribution in [-0.4, -0.2) is 54.7 Å². The Morgan fingerprint density at radius 2 is 0.786 bits per heavy atom. The molecule has 2 nitrogen and oxygen atoms in total. The Morgan fingerprint density at radius 1 is 0.536 bits per heavy atom. The van der Waals surface area contributed by atoms with Crippen molar-refractivity contribution in [1.82, 2.24) is 0 Å². The zero-order valence-electron chi connectivity index (χ0n) is 11.8. The van der Waals surface area contributed by atoms with Crippen molar-refractivity contribution < 1.29 is 62.6 Å². The summed E-state index contributed by atoms with van der Waals surface area (Å²) in [4.78, 5) is 10.1. The van der Waals surface area contributed by atoms with Gasteiger partial charge < -0.3 is 5.11 Å². The van der Waals surface area contributed by atoms with Gasteiger partial charge in [0, 0.05) is 0 Å². The molecule has 0 aliphatic heterocycles. The van der Waals surface area contributed by atoms with Crippen LogP contribution in [-0.2, 0) is 4.79 Å². The highest BCUT2D eigenvalue weighted by molar-refractivity contribution is 6.48. The Morgan fingerprint density at radius 3 is 1.04 bits per heavy atom. The van der Waals surface area contributed by atoms with E-state index in [4.69, 9.17) is 5.11 Å². The average Bonchev–Trinajstić information content (AvgIpc) is 2.44. The van der Waals surface area contributed by atoms with Crippen molar-refractivity contribution in [3.63, 3.8) is 0 Å². The molecule has 0 amide bonds. The Kier molecular flexibility index (Phi) is 7.08. The van der Waals surface area contributed by atoms with Gasteiger partial charge in [0.05, 0.1) is 0 Å². The fraction of sp³-hybridized carbons (Fsp3) is 0.889. The molecule has 0 aromatic heterocycles. The second-order valence-electron chi connectivity index (χ2n) is 4.82. The molecule has 19 heteroatoms. The van der Waals surface area contributed by atoms with Gasteiger partial charge in [-0.1, -0.05) is 58.0 Å². The third-order valence-corrected chi connectivity index (χ3v) is 4.89. The molecule has 0 aromatic carbocycles. The van der Waals surface area contributed by atoms with Crippen molar-refractivity contribution in [1.29, 1.82) is 0 Å². The van der Waals surface area contributed by atoms with E-state index in [-0.39, 0.29) is 0 Å². The van der Waals surface area contributed by atoms with Gasteiger partial charge in [-0.05, 0) is 0 Å². The number of rotatable bonds is 8. The maximum atomic E-state index is 13.9. The Labute approximate surface area is 170 Å². The van der Waals surface area contributed by atoms with Crippen LogP contribution in [0.15, 0.2) is 0 Å². The van der Waals surface area contributed by atoms with Gasteiger partial charge in [-0.2, -0.15) is 35.1 Å². The molecule has 0 aliphatic rings. The van der Waals surface area contributed by atoms with Gasteiger partial charge >= 0.3 is 49.6 Å². The summed E-state index contributed by atoms with van der Waals surface area (Å²) in [7, 11) is 0. The minimum atomic E-state index is -7.43. The zero-order chi connectivity index (χ0) is 23.6. The highest BCUT2D eigenvalue weighted by atomic mass is 35.5. The van der Waals surface area contributed by atoms with Crippen LogP contribution >= 0.6 is 58.0 Å². The van der Waals surface area contributed by atoms with E-state index in [1.54, 1.807) is 0 Å². The number of hydrogen-bond acceptors (Lipinski definition) is 1. The third kappa shape index (κ3) is 3.44. The maximum Gasteiger partial charge on any atom is 0.395 e. The predicted molar refractivity (Wildman–Crippen MR) is 72.0 cm³/mol. The second-order valence-corrected chi connectivity index (χ2v) is 7.62. The molecule has 3 atom stereocenters. The van der Waals surface area contributed by atoms with Gasteiger partial charge in [0.2, 0.25) is 0 Å². The van der Waals surface area contributed by atoms with E-state index in [1.165, 1.54) is 0 Å². The largest absolute Gasteiger partial charge is 0.477 e. The molecular weight excluding hydrogens is 545 g/mol. The maximum absolute atomic E-state index is 13.9. The van der Waals surface area contributed by atoms with E-state index >= 15 is 0 Å². The fourth-order valence-electron chi connectivity index (χ4n) is 1.30. The van der Waals surface area contributed by atoms with Crippen LogP contribution in [0.1, 0.15) is 0 Å². The number of carboxylic acid groups (broad SMARTS) is 1. The van der Waals surface area contributed by atoms with E-state index in [0.29, 0.717) is 0 Å². The molecular formula is C9HCl5F12O2. The molecule has 0 bridgehead atoms. The van der Waals surface area contributed by atoms with Crippen molar-refractivity contribution >= 4 is 64.0 Å². The monoisotopic (exact) mass is 544 g/mol. The van der Waals surface area contributed by atoms with Crippen molar-refractivity contribution in [2.45, 2.75) is 43.7 Å². The Hall–Kier alpha value is 0.0800. The summed E-state index contributed by atoms with van der Waals surface area (Å²) in [5.74, 6) is -32.1. The first-order chi connectivity index (χ1) is 11.7. The highest BCUT2D eigenvalue weighted by Gasteiger charge is 2.92. The molecule has 3 unspecified atom stereocenters. The van der Waals surface area contributed by atoms with Gasteiger partial charge in [0.25, 0.3) is 0 Å². The molecule has 168 valence electrons. The Bertz CT molecular complexity index is 629. The lowest BCUT2D eigenvalue weighted by molar-refractivity contribution is -0.317. The minimum Gasteiger partial charge on any atom is -0.477 e. The summed E-state index contributed by atoms with van der Waals surface area (Å²) in [6, 6.07) is 0. The summed E-state index contributed by atoms with van der Waals surface area (Å²) >= 11 is 19.7. The van der Waals surface area contributed by atoms with Gasteiger partial charge in [-0.15, -0.1) is 0 Å². The predicted octanol–water partition coefficient (Wildman–Crippen LogP) is 6.43. The molecule has 0 aromatic rings. The van der Waals surface area contributed by atoms with Crippen molar-refractivity contribution in [2.75, 3.05) is 0 Å². The molecule has 0 spiro atoms. The molecule has 0 rings (SSSR count). The molecule has 0 saturated heterocycles. The van der Waals surface area contributed by atoms with E-state index in [0.717, 1.165) is 0 Å². The molecule has 0 heterocycles. The summed E-state index contributed by atoms with van der Waals surface area (Å²) < 4.78 is 156. The topological polar surface area (TPSA) is 37.3 Å². The molecule has 0 fully saturated rings. The van der Waals surface area contributed by atoms with Crippen LogP contribution < -0.4 is 0 Å². The molecule has 0 radical (unpaired) electrons. The number of carboxylic acids is 1. The zero-order valence-corrected chi connectivity index (χ0v) is 15.6. The van der Waals surface area contributed by atoms with Crippen molar-refractivity contribution in [2.24, 2.45) is 0 Å². The average molecular weight is 546 g/mol. The first-order valence-electron chi connectivity index (χ1n) is 5.64. The van der Waals surface area contributed by atoms with Crippen LogP contribution in [0.3, 0.4) is 0 Å². The molecule has 28 heavy (non-hydrogen) atoms. The summed E-state index contributed by atoms with van der Waals surface area (Å²) in [5.41, 5.74) is 0. The van der Waals surface area contributed by atoms with Crippen molar-refractivity contribution in [3.05, 3.63) is 0 Å². The number of alkyl halides is 17. The van der Waals surface area contributed by atoms with Crippen LogP contribution in [0.4, 0.5) is 52.7 Å². The molecule has 0 saturated carbocycles. The SMILES string of the molecule is O=C(O)C(F)(F)C(F)(Cl)C(F)(F)C(F)(Cl)C(F)(F)C(F)(Cl)C(F)(F)C(F)(Cl)Cl. The van der Waals surface area contributed by atoms with Gasteiger partial charge in [0.15, 0.2) is 0 Å². The van der Waals surface area contributed by atoms with Crippen LogP contribution in [0, 0.1) is 0 Å². The summed E-state index contributed by atoms with van der Waals surface area (Å²) in [5, 5.41) is -12.7. The first-order valence-corrected chi connectivity index (χ1v) is 7.53.